The van der Waals surface area contributed by atoms with Crippen LogP contribution in [0.3, 0.4) is 0 Å². The molecule has 0 aromatic heterocycles. The molecule has 35 heavy (non-hydrogen) atoms. The molecule has 0 spiro atoms. The Bertz CT molecular complexity index is 949. The fraction of sp³-hybridized carbons (Fsp3) is 0.583. The van der Waals surface area contributed by atoms with E-state index in [4.69, 9.17) is 28.4 Å². The summed E-state index contributed by atoms with van der Waals surface area (Å²) in [4.78, 5) is 47.0. The standard InChI is InChI=1S/C24H32O11/c1-12(25)30-11-19-20(31-13(2)26)21(32-14(3)27)22(33-15(4)28)23(35-19)34-16-8-9-18(29)17(10-16)24(5,6)7/h8-10,19-23,29H,11H2,1-7H3/t19-,20-,21+,22-,23+/m1/s1. The Hall–Kier alpha value is -3.34. The first-order valence-electron chi connectivity index (χ1n) is 11.0. The Morgan fingerprint density at radius 3 is 1.91 bits per heavy atom. The highest BCUT2D eigenvalue weighted by molar-refractivity contribution is 5.68. The average Bonchev–Trinajstić information content (AvgIpc) is 2.70. The van der Waals surface area contributed by atoms with Crippen molar-refractivity contribution < 1.29 is 52.7 Å². The summed E-state index contributed by atoms with van der Waals surface area (Å²) in [7, 11) is 0. The molecule has 194 valence electrons. The Labute approximate surface area is 203 Å². The Kier molecular flexibility index (Phi) is 9.08. The van der Waals surface area contributed by atoms with Gasteiger partial charge in [-0.05, 0) is 23.6 Å². The molecule has 2 rings (SSSR count). The fourth-order valence-electron chi connectivity index (χ4n) is 3.61. The second kappa shape index (κ2) is 11.4. The van der Waals surface area contributed by atoms with Crippen molar-refractivity contribution in [3.05, 3.63) is 23.8 Å². The maximum absolute atomic E-state index is 11.9. The van der Waals surface area contributed by atoms with Gasteiger partial charge in [0.05, 0.1) is 0 Å². The third-order valence-corrected chi connectivity index (χ3v) is 4.98. The summed E-state index contributed by atoms with van der Waals surface area (Å²) in [5.41, 5.74) is 0.158. The predicted octanol–water partition coefficient (Wildman–Crippen LogP) is 2.15. The first-order valence-corrected chi connectivity index (χ1v) is 11.0. The minimum Gasteiger partial charge on any atom is -0.508 e. The van der Waals surface area contributed by atoms with Crippen molar-refractivity contribution in [1.29, 1.82) is 0 Å². The van der Waals surface area contributed by atoms with Gasteiger partial charge in [0.15, 0.2) is 12.2 Å². The number of ether oxygens (including phenoxy) is 6. The number of phenolic OH excluding ortho intramolecular Hbond substituents is 1. The van der Waals surface area contributed by atoms with Gasteiger partial charge in [0.1, 0.15) is 24.2 Å². The number of rotatable bonds is 7. The number of phenols is 1. The number of benzene rings is 1. The van der Waals surface area contributed by atoms with Crippen LogP contribution in [0.15, 0.2) is 18.2 Å². The Balaban J connectivity index is 2.51. The molecule has 1 N–H and O–H groups in total. The Morgan fingerprint density at radius 1 is 0.857 bits per heavy atom. The van der Waals surface area contributed by atoms with Crippen LogP contribution in [0.25, 0.3) is 0 Å². The van der Waals surface area contributed by atoms with Gasteiger partial charge in [0.2, 0.25) is 12.4 Å². The highest BCUT2D eigenvalue weighted by atomic mass is 16.7. The van der Waals surface area contributed by atoms with Crippen molar-refractivity contribution in [1.82, 2.24) is 0 Å². The first kappa shape index (κ1) is 27.9. The van der Waals surface area contributed by atoms with Crippen molar-refractivity contribution in [2.45, 2.75) is 84.6 Å². The minimum atomic E-state index is -1.35. The second-order valence-corrected chi connectivity index (χ2v) is 9.11. The van der Waals surface area contributed by atoms with E-state index in [1.165, 1.54) is 19.1 Å². The number of carbonyl (C=O) groups excluding carboxylic acids is 4. The third kappa shape index (κ3) is 7.84. The maximum Gasteiger partial charge on any atom is 0.303 e. The van der Waals surface area contributed by atoms with E-state index < -0.39 is 60.0 Å². The van der Waals surface area contributed by atoms with Crippen LogP contribution in [0.5, 0.6) is 11.5 Å². The van der Waals surface area contributed by atoms with Crippen LogP contribution in [-0.4, -0.2) is 66.3 Å². The molecule has 1 aliphatic heterocycles. The molecule has 0 radical (unpaired) electrons. The molecule has 1 heterocycles. The number of esters is 4. The summed E-state index contributed by atoms with van der Waals surface area (Å²) in [6.45, 7) is 9.96. The predicted molar refractivity (Wildman–Crippen MR) is 119 cm³/mol. The van der Waals surface area contributed by atoms with Crippen molar-refractivity contribution in [3.63, 3.8) is 0 Å². The fourth-order valence-corrected chi connectivity index (χ4v) is 3.61. The number of carbonyl (C=O) groups is 4. The monoisotopic (exact) mass is 496 g/mol. The smallest absolute Gasteiger partial charge is 0.303 e. The van der Waals surface area contributed by atoms with Crippen LogP contribution < -0.4 is 4.74 Å². The van der Waals surface area contributed by atoms with Gasteiger partial charge in [-0.15, -0.1) is 0 Å². The van der Waals surface area contributed by atoms with Crippen molar-refractivity contribution >= 4 is 23.9 Å². The van der Waals surface area contributed by atoms with E-state index >= 15 is 0 Å². The van der Waals surface area contributed by atoms with Crippen molar-refractivity contribution in [3.8, 4) is 11.5 Å². The van der Waals surface area contributed by atoms with Gasteiger partial charge in [-0.3, -0.25) is 19.2 Å². The van der Waals surface area contributed by atoms with Gasteiger partial charge < -0.3 is 33.5 Å². The van der Waals surface area contributed by atoms with E-state index in [1.54, 1.807) is 6.07 Å². The lowest BCUT2D eigenvalue weighted by molar-refractivity contribution is -0.288. The molecular formula is C24H32O11. The zero-order valence-electron chi connectivity index (χ0n) is 20.9. The van der Waals surface area contributed by atoms with Crippen molar-refractivity contribution in [2.75, 3.05) is 6.61 Å². The average molecular weight is 497 g/mol. The van der Waals surface area contributed by atoms with Crippen LogP contribution in [0.2, 0.25) is 0 Å². The lowest BCUT2D eigenvalue weighted by Crippen LogP contribution is -2.63. The minimum absolute atomic E-state index is 0.0615. The molecule has 11 nitrogen and oxygen atoms in total. The summed E-state index contributed by atoms with van der Waals surface area (Å²) in [6, 6.07) is 4.53. The zero-order valence-corrected chi connectivity index (χ0v) is 20.9. The van der Waals surface area contributed by atoms with Crippen LogP contribution in [0, 0.1) is 0 Å². The summed E-state index contributed by atoms with van der Waals surface area (Å²) in [5.74, 6) is -2.49. The van der Waals surface area contributed by atoms with Crippen molar-refractivity contribution in [2.24, 2.45) is 0 Å². The largest absolute Gasteiger partial charge is 0.508 e. The Morgan fingerprint density at radius 2 is 1.40 bits per heavy atom. The molecule has 1 fully saturated rings. The SMILES string of the molecule is CC(=O)OC[C@H]1O[C@H](Oc2ccc(O)c(C(C)(C)C)c2)[C@H](OC(C)=O)[C@@H](OC(C)=O)[C@@H]1OC(C)=O. The van der Waals surface area contributed by atoms with Crippen LogP contribution >= 0.6 is 0 Å². The van der Waals surface area contributed by atoms with E-state index in [2.05, 4.69) is 0 Å². The summed E-state index contributed by atoms with van der Waals surface area (Å²) >= 11 is 0. The topological polar surface area (TPSA) is 144 Å². The summed E-state index contributed by atoms with van der Waals surface area (Å²) in [5, 5.41) is 10.3. The summed E-state index contributed by atoms with van der Waals surface area (Å²) < 4.78 is 33.1. The molecule has 11 heteroatoms. The molecule has 0 saturated carbocycles. The quantitative estimate of drug-likeness (QED) is 0.438. The number of aromatic hydroxyl groups is 1. The molecule has 1 aromatic carbocycles. The van der Waals surface area contributed by atoms with Crippen LogP contribution in [0.1, 0.15) is 54.0 Å². The molecule has 0 amide bonds. The molecule has 5 atom stereocenters. The van der Waals surface area contributed by atoms with Gasteiger partial charge in [-0.1, -0.05) is 20.8 Å². The number of hydrogen-bond donors (Lipinski definition) is 1. The van der Waals surface area contributed by atoms with Gasteiger partial charge >= 0.3 is 23.9 Å². The van der Waals surface area contributed by atoms with Gasteiger partial charge in [0, 0.05) is 33.3 Å². The van der Waals surface area contributed by atoms with E-state index in [0.717, 1.165) is 20.8 Å². The highest BCUT2D eigenvalue weighted by Gasteiger charge is 2.53. The molecule has 1 saturated heterocycles. The van der Waals surface area contributed by atoms with Crippen LogP contribution in [0.4, 0.5) is 0 Å². The second-order valence-electron chi connectivity index (χ2n) is 9.11. The molecule has 1 aromatic rings. The highest BCUT2D eigenvalue weighted by Crippen LogP contribution is 2.36. The van der Waals surface area contributed by atoms with E-state index in [9.17, 15) is 24.3 Å². The van der Waals surface area contributed by atoms with Crippen LogP contribution in [-0.2, 0) is 48.3 Å². The van der Waals surface area contributed by atoms with Gasteiger partial charge in [-0.25, -0.2) is 0 Å². The molecule has 0 unspecified atom stereocenters. The maximum atomic E-state index is 11.9. The number of hydrogen-bond acceptors (Lipinski definition) is 11. The van der Waals surface area contributed by atoms with Gasteiger partial charge in [-0.2, -0.15) is 0 Å². The molecule has 0 bridgehead atoms. The zero-order chi connectivity index (χ0) is 26.5. The molecule has 1 aliphatic rings. The lowest BCUT2D eigenvalue weighted by Gasteiger charge is -2.44. The molecular weight excluding hydrogens is 464 g/mol. The molecule has 0 aliphatic carbocycles. The van der Waals surface area contributed by atoms with E-state index in [-0.39, 0.29) is 18.1 Å². The van der Waals surface area contributed by atoms with E-state index in [1.807, 2.05) is 20.8 Å². The third-order valence-electron chi connectivity index (χ3n) is 4.98. The van der Waals surface area contributed by atoms with E-state index in [0.29, 0.717) is 5.56 Å². The first-order chi connectivity index (χ1) is 16.2. The van der Waals surface area contributed by atoms with Gasteiger partial charge in [0.25, 0.3) is 0 Å². The normalized spacial score (nSPS) is 24.1. The lowest BCUT2D eigenvalue weighted by atomic mass is 9.86. The summed E-state index contributed by atoms with van der Waals surface area (Å²) in [6.07, 6.45) is -6.43.